The van der Waals surface area contributed by atoms with Crippen molar-refractivity contribution in [3.05, 3.63) is 97.1 Å². The Balaban J connectivity index is 1.72. The third kappa shape index (κ3) is 2.11. The lowest BCUT2D eigenvalue weighted by Gasteiger charge is -2.05. The third-order valence-corrected chi connectivity index (χ3v) is 7.38. The lowest BCUT2D eigenvalue weighted by molar-refractivity contribution is 1.56. The Bertz CT molecular complexity index is 1740. The molecule has 1 N–H and O–H groups in total. The molecule has 0 aliphatic heterocycles. The van der Waals surface area contributed by atoms with E-state index in [1.54, 1.807) is 0 Å². The number of benzene rings is 5. The van der Waals surface area contributed by atoms with Gasteiger partial charge in [-0.05, 0) is 40.1 Å². The molecule has 30 heavy (non-hydrogen) atoms. The molecule has 0 spiro atoms. The largest absolute Gasteiger partial charge is 0.353 e. The number of hydrogen-bond donors (Lipinski definition) is 1. The smallest absolute Gasteiger partial charge is 0.0653 e. The van der Waals surface area contributed by atoms with Gasteiger partial charge in [0.05, 0.1) is 10.2 Å². The molecule has 0 saturated carbocycles. The maximum atomic E-state index is 3.76. The topological polar surface area (TPSA) is 15.8 Å². The van der Waals surface area contributed by atoms with Crippen LogP contribution in [0.1, 0.15) is 0 Å². The molecule has 0 fully saturated rings. The highest BCUT2D eigenvalue weighted by molar-refractivity contribution is 7.27. The minimum atomic E-state index is 1.19. The molecule has 2 heteroatoms. The fraction of sp³-hybridized carbons (Fsp3) is 0. The van der Waals surface area contributed by atoms with E-state index in [1.807, 2.05) is 11.3 Å². The zero-order valence-electron chi connectivity index (χ0n) is 16.1. The summed E-state index contributed by atoms with van der Waals surface area (Å²) >= 11 is 1.89. The van der Waals surface area contributed by atoms with E-state index in [4.69, 9.17) is 0 Å². The minimum absolute atomic E-state index is 1.19. The van der Waals surface area contributed by atoms with Gasteiger partial charge in [0, 0.05) is 31.8 Å². The van der Waals surface area contributed by atoms with Crippen molar-refractivity contribution < 1.29 is 0 Å². The molecule has 0 aliphatic carbocycles. The summed E-state index contributed by atoms with van der Waals surface area (Å²) in [7, 11) is 0. The first-order valence-corrected chi connectivity index (χ1v) is 11.0. The summed E-state index contributed by atoms with van der Waals surface area (Å²) in [6.07, 6.45) is 0. The molecular formula is C28H17NS. The second-order valence-corrected chi connectivity index (χ2v) is 8.90. The molecule has 0 radical (unpaired) electrons. The van der Waals surface area contributed by atoms with Gasteiger partial charge in [0.15, 0.2) is 0 Å². The van der Waals surface area contributed by atoms with Crippen molar-refractivity contribution >= 4 is 64.1 Å². The third-order valence-electron chi connectivity index (χ3n) is 6.19. The predicted molar refractivity (Wildman–Crippen MR) is 132 cm³/mol. The molecule has 0 saturated heterocycles. The second kappa shape index (κ2) is 5.94. The lowest BCUT2D eigenvalue weighted by atomic mass is 9.97. The highest BCUT2D eigenvalue weighted by Crippen LogP contribution is 2.45. The van der Waals surface area contributed by atoms with E-state index in [2.05, 4.69) is 102 Å². The van der Waals surface area contributed by atoms with Crippen LogP contribution in [-0.2, 0) is 0 Å². The second-order valence-electron chi connectivity index (χ2n) is 7.85. The predicted octanol–water partition coefficient (Wildman–Crippen LogP) is 8.51. The van der Waals surface area contributed by atoms with E-state index in [9.17, 15) is 0 Å². The van der Waals surface area contributed by atoms with Crippen molar-refractivity contribution in [3.8, 4) is 11.1 Å². The van der Waals surface area contributed by atoms with Crippen LogP contribution in [0.15, 0.2) is 97.1 Å². The van der Waals surface area contributed by atoms with Crippen LogP contribution in [0.5, 0.6) is 0 Å². The number of rotatable bonds is 1. The first kappa shape index (κ1) is 16.2. The molecule has 0 unspecified atom stereocenters. The van der Waals surface area contributed by atoms with Gasteiger partial charge in [-0.3, -0.25) is 0 Å². The van der Waals surface area contributed by atoms with Gasteiger partial charge in [0.25, 0.3) is 0 Å². The molecule has 1 nitrogen and oxygen atoms in total. The van der Waals surface area contributed by atoms with E-state index in [0.29, 0.717) is 0 Å². The standard InChI is InChI=1S/C28H17NS/c1-2-8-17(9-3-1)18-14-15-23-22(16-18)25-19-10-4-5-11-20(19)26-21-12-6-7-13-24(21)30-28(26)27(25)29-23/h1-16,29H. The Labute approximate surface area is 177 Å². The van der Waals surface area contributed by atoms with Gasteiger partial charge in [-0.25, -0.2) is 0 Å². The number of aromatic amines is 1. The zero-order chi connectivity index (χ0) is 19.7. The Hall–Kier alpha value is -3.62. The summed E-state index contributed by atoms with van der Waals surface area (Å²) in [5.74, 6) is 0. The van der Waals surface area contributed by atoms with Gasteiger partial charge < -0.3 is 4.98 Å². The van der Waals surface area contributed by atoms with Gasteiger partial charge >= 0.3 is 0 Å². The summed E-state index contributed by atoms with van der Waals surface area (Å²) in [6.45, 7) is 0. The van der Waals surface area contributed by atoms with Gasteiger partial charge in [0.1, 0.15) is 0 Å². The summed E-state index contributed by atoms with van der Waals surface area (Å²) in [5, 5.41) is 8.00. The quantitative estimate of drug-likeness (QED) is 0.285. The van der Waals surface area contributed by atoms with E-state index < -0.39 is 0 Å². The lowest BCUT2D eigenvalue weighted by Crippen LogP contribution is -1.79. The van der Waals surface area contributed by atoms with Gasteiger partial charge in [-0.1, -0.05) is 78.9 Å². The molecule has 2 aromatic heterocycles. The van der Waals surface area contributed by atoms with Crippen molar-refractivity contribution in [1.82, 2.24) is 4.98 Å². The first-order valence-electron chi connectivity index (χ1n) is 10.2. The van der Waals surface area contributed by atoms with Gasteiger partial charge in [-0.2, -0.15) is 0 Å². The molecule has 5 aromatic carbocycles. The number of hydrogen-bond acceptors (Lipinski definition) is 1. The molecule has 7 rings (SSSR count). The first-order chi connectivity index (χ1) is 14.9. The van der Waals surface area contributed by atoms with E-state index in [0.717, 1.165) is 0 Å². The molecule has 0 atom stereocenters. The van der Waals surface area contributed by atoms with Crippen LogP contribution < -0.4 is 0 Å². The van der Waals surface area contributed by atoms with Crippen LogP contribution in [0.2, 0.25) is 0 Å². The Morgan fingerprint density at radius 1 is 0.533 bits per heavy atom. The Morgan fingerprint density at radius 2 is 1.23 bits per heavy atom. The van der Waals surface area contributed by atoms with E-state index in [-0.39, 0.29) is 0 Å². The van der Waals surface area contributed by atoms with Crippen LogP contribution in [0.25, 0.3) is 63.9 Å². The normalized spacial score (nSPS) is 12.0. The monoisotopic (exact) mass is 399 g/mol. The van der Waals surface area contributed by atoms with Crippen LogP contribution in [0.3, 0.4) is 0 Å². The molecule has 2 heterocycles. The Morgan fingerprint density at radius 3 is 2.07 bits per heavy atom. The molecule has 0 bridgehead atoms. The number of fused-ring (bicyclic) bond motifs is 10. The number of aromatic nitrogens is 1. The van der Waals surface area contributed by atoms with Crippen LogP contribution in [0.4, 0.5) is 0 Å². The average molecular weight is 400 g/mol. The molecule has 0 aliphatic rings. The molecular weight excluding hydrogens is 382 g/mol. The SMILES string of the molecule is c1ccc(-c2ccc3[nH]c4c5sc6ccccc6c5c5ccccc5c4c3c2)cc1. The summed E-state index contributed by atoms with van der Waals surface area (Å²) in [6, 6.07) is 35.0. The van der Waals surface area contributed by atoms with E-state index >= 15 is 0 Å². The summed E-state index contributed by atoms with van der Waals surface area (Å²) in [5.41, 5.74) is 4.95. The maximum Gasteiger partial charge on any atom is 0.0653 e. The molecule has 7 aromatic rings. The summed E-state index contributed by atoms with van der Waals surface area (Å²) in [4.78, 5) is 3.76. The minimum Gasteiger partial charge on any atom is -0.353 e. The number of H-pyrrole nitrogens is 1. The van der Waals surface area contributed by atoms with E-state index in [1.165, 1.54) is 63.9 Å². The van der Waals surface area contributed by atoms with Crippen LogP contribution in [-0.4, -0.2) is 4.98 Å². The van der Waals surface area contributed by atoms with Crippen LogP contribution in [0, 0.1) is 0 Å². The van der Waals surface area contributed by atoms with Crippen molar-refractivity contribution in [1.29, 1.82) is 0 Å². The molecule has 0 amide bonds. The van der Waals surface area contributed by atoms with Gasteiger partial charge in [0.2, 0.25) is 0 Å². The fourth-order valence-corrected chi connectivity index (χ4v) is 6.08. The summed E-state index contributed by atoms with van der Waals surface area (Å²) < 4.78 is 2.69. The Kier molecular flexibility index (Phi) is 3.21. The molecule has 140 valence electrons. The number of nitrogens with one attached hydrogen (secondary N) is 1. The highest BCUT2D eigenvalue weighted by Gasteiger charge is 2.17. The maximum absolute atomic E-state index is 3.76. The van der Waals surface area contributed by atoms with Gasteiger partial charge in [-0.15, -0.1) is 11.3 Å². The van der Waals surface area contributed by atoms with Crippen LogP contribution >= 0.6 is 11.3 Å². The zero-order valence-corrected chi connectivity index (χ0v) is 17.0. The van der Waals surface area contributed by atoms with Crippen molar-refractivity contribution in [3.63, 3.8) is 0 Å². The average Bonchev–Trinajstić information content (AvgIpc) is 3.38. The van der Waals surface area contributed by atoms with Crippen molar-refractivity contribution in [2.75, 3.05) is 0 Å². The van der Waals surface area contributed by atoms with Crippen molar-refractivity contribution in [2.45, 2.75) is 0 Å². The fourth-order valence-electron chi connectivity index (χ4n) is 4.86. The highest BCUT2D eigenvalue weighted by atomic mass is 32.1. The number of thiophene rings is 1. The van der Waals surface area contributed by atoms with Crippen molar-refractivity contribution in [2.24, 2.45) is 0 Å².